The number of aryl methyl sites for hydroxylation is 1. The minimum absolute atomic E-state index is 0.433. The summed E-state index contributed by atoms with van der Waals surface area (Å²) in [5.74, 6) is 0.626. The van der Waals surface area contributed by atoms with Gasteiger partial charge in [-0.05, 0) is 49.7 Å². The van der Waals surface area contributed by atoms with Crippen LogP contribution in [-0.2, 0) is 0 Å². The van der Waals surface area contributed by atoms with E-state index in [0.717, 1.165) is 10.3 Å². The van der Waals surface area contributed by atoms with Crippen LogP contribution in [0.3, 0.4) is 0 Å². The average Bonchev–Trinajstić information content (AvgIpc) is 2.62. The fourth-order valence-corrected chi connectivity index (χ4v) is 2.61. The second-order valence-corrected chi connectivity index (χ2v) is 5.33. The largest absolute Gasteiger partial charge is 0.331 e. The zero-order chi connectivity index (χ0) is 12.6. The minimum Gasteiger partial charge on any atom is -0.331 e. The second kappa shape index (κ2) is 4.65. The van der Waals surface area contributed by atoms with E-state index in [1.54, 1.807) is 0 Å². The highest BCUT2D eigenvalue weighted by molar-refractivity contribution is 7.71. The fourth-order valence-electron chi connectivity index (χ4n) is 2.23. The Morgan fingerprint density at radius 3 is 2.71 bits per heavy atom. The molecule has 0 saturated carbocycles. The maximum Gasteiger partial charge on any atom is 0.178 e. The monoisotopic (exact) mass is 248 g/mol. The Morgan fingerprint density at radius 2 is 2.06 bits per heavy atom. The van der Waals surface area contributed by atoms with Gasteiger partial charge in [0, 0.05) is 6.04 Å². The molecule has 1 N–H and O–H groups in total. The van der Waals surface area contributed by atoms with Gasteiger partial charge in [-0.3, -0.25) is 0 Å². The van der Waals surface area contributed by atoms with E-state index in [2.05, 4.69) is 55.4 Å². The van der Waals surface area contributed by atoms with Crippen molar-refractivity contribution in [3.8, 4) is 0 Å². The van der Waals surface area contributed by atoms with Gasteiger partial charge in [0.2, 0.25) is 0 Å². The summed E-state index contributed by atoms with van der Waals surface area (Å²) in [6.45, 7) is 8.87. The van der Waals surface area contributed by atoms with Crippen molar-refractivity contribution in [2.45, 2.75) is 40.2 Å². The van der Waals surface area contributed by atoms with E-state index in [4.69, 9.17) is 12.2 Å². The predicted octanol–water partition coefficient (Wildman–Crippen LogP) is 4.61. The lowest BCUT2D eigenvalue weighted by atomic mass is 10.0. The molecule has 2 nitrogen and oxygen atoms in total. The molecular weight excluding hydrogens is 228 g/mol. The lowest BCUT2D eigenvalue weighted by molar-refractivity contribution is 0.374. The third kappa shape index (κ3) is 2.16. The van der Waals surface area contributed by atoms with Crippen molar-refractivity contribution in [2.75, 3.05) is 0 Å². The molecule has 0 amide bonds. The van der Waals surface area contributed by atoms with E-state index >= 15 is 0 Å². The van der Waals surface area contributed by atoms with Gasteiger partial charge in [0.15, 0.2) is 4.77 Å². The number of fused-ring (bicyclic) bond motifs is 1. The van der Waals surface area contributed by atoms with Crippen LogP contribution in [0.1, 0.15) is 38.8 Å². The molecule has 0 aliphatic heterocycles. The van der Waals surface area contributed by atoms with Crippen molar-refractivity contribution < 1.29 is 0 Å². The van der Waals surface area contributed by atoms with E-state index in [1.165, 1.54) is 17.5 Å². The van der Waals surface area contributed by atoms with Crippen LogP contribution in [-0.4, -0.2) is 9.55 Å². The van der Waals surface area contributed by atoms with Crippen molar-refractivity contribution in [3.05, 3.63) is 28.5 Å². The van der Waals surface area contributed by atoms with Gasteiger partial charge in [0.1, 0.15) is 0 Å². The van der Waals surface area contributed by atoms with Gasteiger partial charge in [0.05, 0.1) is 11.0 Å². The minimum atomic E-state index is 0.433. The molecule has 3 heteroatoms. The van der Waals surface area contributed by atoms with Crippen LogP contribution in [0.2, 0.25) is 0 Å². The van der Waals surface area contributed by atoms with Gasteiger partial charge in [-0.1, -0.05) is 26.3 Å². The Hall–Kier alpha value is -1.09. The van der Waals surface area contributed by atoms with Gasteiger partial charge in [0.25, 0.3) is 0 Å². The molecule has 2 rings (SSSR count). The number of hydrogen-bond acceptors (Lipinski definition) is 1. The number of rotatable bonds is 3. The number of nitrogens with zero attached hydrogens (tertiary/aromatic N) is 1. The summed E-state index contributed by atoms with van der Waals surface area (Å²) in [7, 11) is 0. The average molecular weight is 248 g/mol. The SMILES string of the molecule is CCC(C)C(C)n1c(=S)[nH]c2ccc(C)cc21. The Morgan fingerprint density at radius 1 is 1.35 bits per heavy atom. The van der Waals surface area contributed by atoms with Crippen molar-refractivity contribution in [1.82, 2.24) is 9.55 Å². The van der Waals surface area contributed by atoms with Gasteiger partial charge in [-0.2, -0.15) is 0 Å². The Bertz CT molecular complexity index is 579. The predicted molar refractivity (Wildman–Crippen MR) is 76.0 cm³/mol. The number of H-pyrrole nitrogens is 1. The standard InChI is InChI=1S/C14H20N2S/c1-5-10(3)11(4)16-13-8-9(2)6-7-12(13)15-14(16)17/h6-8,10-11H,5H2,1-4H3,(H,15,17). The van der Waals surface area contributed by atoms with Crippen LogP contribution in [0.5, 0.6) is 0 Å². The van der Waals surface area contributed by atoms with Gasteiger partial charge in [-0.25, -0.2) is 0 Å². The summed E-state index contributed by atoms with van der Waals surface area (Å²) in [5.41, 5.74) is 3.63. The van der Waals surface area contributed by atoms with E-state index in [0.29, 0.717) is 12.0 Å². The molecule has 2 aromatic rings. The smallest absolute Gasteiger partial charge is 0.178 e. The molecule has 0 saturated heterocycles. The highest BCUT2D eigenvalue weighted by atomic mass is 32.1. The lowest BCUT2D eigenvalue weighted by Crippen LogP contribution is -2.13. The number of hydrogen-bond donors (Lipinski definition) is 1. The molecule has 0 aliphatic carbocycles. The maximum absolute atomic E-state index is 5.45. The number of benzene rings is 1. The Kier molecular flexibility index (Phi) is 3.38. The molecule has 0 spiro atoms. The van der Waals surface area contributed by atoms with Crippen LogP contribution in [0.4, 0.5) is 0 Å². The van der Waals surface area contributed by atoms with Gasteiger partial charge < -0.3 is 9.55 Å². The Balaban J connectivity index is 2.63. The van der Waals surface area contributed by atoms with Crippen molar-refractivity contribution in [1.29, 1.82) is 0 Å². The quantitative estimate of drug-likeness (QED) is 0.786. The number of aromatic nitrogens is 2. The number of aromatic amines is 1. The molecular formula is C14H20N2S. The van der Waals surface area contributed by atoms with Crippen LogP contribution >= 0.6 is 12.2 Å². The zero-order valence-electron chi connectivity index (χ0n) is 10.9. The maximum atomic E-state index is 5.45. The number of imidazole rings is 1. The highest BCUT2D eigenvalue weighted by Crippen LogP contribution is 2.26. The first-order valence-corrected chi connectivity index (χ1v) is 6.66. The van der Waals surface area contributed by atoms with Crippen molar-refractivity contribution in [2.24, 2.45) is 5.92 Å². The summed E-state index contributed by atoms with van der Waals surface area (Å²) in [4.78, 5) is 3.29. The third-order valence-corrected chi connectivity index (χ3v) is 4.05. The van der Waals surface area contributed by atoms with E-state index in [1.807, 2.05) is 0 Å². The third-order valence-electron chi connectivity index (χ3n) is 3.75. The van der Waals surface area contributed by atoms with Crippen molar-refractivity contribution in [3.63, 3.8) is 0 Å². The first-order chi connectivity index (χ1) is 8.04. The van der Waals surface area contributed by atoms with Crippen LogP contribution in [0.15, 0.2) is 18.2 Å². The molecule has 0 radical (unpaired) electrons. The molecule has 2 unspecified atom stereocenters. The van der Waals surface area contributed by atoms with E-state index in [-0.39, 0.29) is 0 Å². The summed E-state index contributed by atoms with van der Waals surface area (Å²) in [6, 6.07) is 6.87. The lowest BCUT2D eigenvalue weighted by Gasteiger charge is -2.20. The summed E-state index contributed by atoms with van der Waals surface area (Å²) < 4.78 is 3.09. The number of nitrogens with one attached hydrogen (secondary N) is 1. The molecule has 1 aromatic heterocycles. The normalized spacial score (nSPS) is 15.1. The van der Waals surface area contributed by atoms with E-state index in [9.17, 15) is 0 Å². The molecule has 2 atom stereocenters. The Labute approximate surface area is 108 Å². The molecule has 0 aliphatic rings. The molecule has 0 fully saturated rings. The van der Waals surface area contributed by atoms with Crippen LogP contribution < -0.4 is 0 Å². The molecule has 0 bridgehead atoms. The summed E-state index contributed by atoms with van der Waals surface area (Å²) in [5, 5.41) is 0. The molecule has 92 valence electrons. The molecule has 17 heavy (non-hydrogen) atoms. The van der Waals surface area contributed by atoms with Crippen LogP contribution in [0.25, 0.3) is 11.0 Å². The highest BCUT2D eigenvalue weighted by Gasteiger charge is 2.16. The second-order valence-electron chi connectivity index (χ2n) is 4.95. The zero-order valence-corrected chi connectivity index (χ0v) is 11.8. The van der Waals surface area contributed by atoms with Crippen LogP contribution in [0, 0.1) is 17.6 Å². The van der Waals surface area contributed by atoms with Crippen molar-refractivity contribution >= 4 is 23.3 Å². The fraction of sp³-hybridized carbons (Fsp3) is 0.500. The first kappa shape index (κ1) is 12.4. The van der Waals surface area contributed by atoms with E-state index < -0.39 is 0 Å². The molecule has 1 heterocycles. The van der Waals surface area contributed by atoms with Gasteiger partial charge in [-0.15, -0.1) is 0 Å². The summed E-state index contributed by atoms with van der Waals surface area (Å²) in [6.07, 6.45) is 1.17. The topological polar surface area (TPSA) is 20.7 Å². The van der Waals surface area contributed by atoms with Gasteiger partial charge >= 0.3 is 0 Å². The summed E-state index contributed by atoms with van der Waals surface area (Å²) >= 11 is 5.45. The molecule has 1 aromatic carbocycles. The first-order valence-electron chi connectivity index (χ1n) is 6.25.